The Hall–Kier alpha value is -1.64. The molecule has 1 aliphatic heterocycles. The number of anilines is 1. The van der Waals surface area contributed by atoms with Crippen LogP contribution >= 0.6 is 0 Å². The van der Waals surface area contributed by atoms with Crippen molar-refractivity contribution in [1.29, 1.82) is 0 Å². The third kappa shape index (κ3) is 2.50. The summed E-state index contributed by atoms with van der Waals surface area (Å²) in [5, 5.41) is 12.1. The van der Waals surface area contributed by atoms with Crippen LogP contribution in [0.1, 0.15) is 12.5 Å². The fourth-order valence-corrected chi connectivity index (χ4v) is 2.00. The number of alkyl halides is 6. The summed E-state index contributed by atoms with van der Waals surface area (Å²) in [4.78, 5) is 0. The van der Waals surface area contributed by atoms with Crippen molar-refractivity contribution in [3.8, 4) is 5.75 Å². The summed E-state index contributed by atoms with van der Waals surface area (Å²) in [5.41, 5.74) is -6.01. The maximum Gasteiger partial charge on any atom is 0.430 e. The number of fused-ring (bicyclic) bond motifs is 1. The van der Waals surface area contributed by atoms with Gasteiger partial charge >= 0.3 is 12.4 Å². The maximum atomic E-state index is 12.8. The molecular formula is C12H11F6NO2. The van der Waals surface area contributed by atoms with Crippen LogP contribution in [0.2, 0.25) is 0 Å². The van der Waals surface area contributed by atoms with Crippen LogP contribution in [0.25, 0.3) is 0 Å². The lowest BCUT2D eigenvalue weighted by atomic mass is 9.91. The van der Waals surface area contributed by atoms with E-state index in [2.05, 4.69) is 5.32 Å². The minimum absolute atomic E-state index is 0.0902. The number of hydrogen-bond donors (Lipinski definition) is 2. The highest BCUT2D eigenvalue weighted by Crippen LogP contribution is 2.51. The first-order valence-electron chi connectivity index (χ1n) is 5.86. The van der Waals surface area contributed by atoms with Gasteiger partial charge in [0.15, 0.2) is 0 Å². The number of hydrogen-bond acceptors (Lipinski definition) is 3. The number of aliphatic hydroxyl groups is 1. The largest absolute Gasteiger partial charge is 0.489 e. The molecule has 1 aromatic rings. The van der Waals surface area contributed by atoms with E-state index in [1.165, 1.54) is 0 Å². The second kappa shape index (κ2) is 4.69. The van der Waals surface area contributed by atoms with Gasteiger partial charge in [0.1, 0.15) is 12.4 Å². The summed E-state index contributed by atoms with van der Waals surface area (Å²) in [5.74, 6) is -0.169. The standard InChI is InChI=1S/C12H11F6NO2/c1-6-5-21-9-4-7(2-3-8(9)19-6)10(20,11(13,14)15)12(16,17)18/h2-4,6,19-20H,5H2,1H3. The molecule has 1 aliphatic rings. The molecule has 0 bridgehead atoms. The molecule has 2 N–H and O–H groups in total. The Kier molecular flexibility index (Phi) is 3.51. The molecule has 3 nitrogen and oxygen atoms in total. The Balaban J connectivity index is 2.53. The van der Waals surface area contributed by atoms with Crippen molar-refractivity contribution in [3.05, 3.63) is 23.8 Å². The summed E-state index contributed by atoms with van der Waals surface area (Å²) in [6, 6.07) is 2.01. The van der Waals surface area contributed by atoms with E-state index in [4.69, 9.17) is 4.74 Å². The first-order chi connectivity index (χ1) is 9.47. The van der Waals surface area contributed by atoms with Gasteiger partial charge in [-0.1, -0.05) is 6.07 Å². The summed E-state index contributed by atoms with van der Waals surface area (Å²) < 4.78 is 81.6. The van der Waals surface area contributed by atoms with Gasteiger partial charge < -0.3 is 15.2 Å². The van der Waals surface area contributed by atoms with Gasteiger partial charge in [0.2, 0.25) is 0 Å². The Morgan fingerprint density at radius 1 is 1.14 bits per heavy atom. The minimum atomic E-state index is -5.91. The third-order valence-corrected chi connectivity index (χ3v) is 3.11. The molecular weight excluding hydrogens is 304 g/mol. The van der Waals surface area contributed by atoms with Crippen LogP contribution in [0.4, 0.5) is 32.0 Å². The van der Waals surface area contributed by atoms with Gasteiger partial charge in [-0.25, -0.2) is 0 Å². The zero-order chi connectivity index (χ0) is 16.1. The number of benzene rings is 1. The predicted octanol–water partition coefficient (Wildman–Crippen LogP) is 3.19. The maximum absolute atomic E-state index is 12.8. The van der Waals surface area contributed by atoms with E-state index in [-0.39, 0.29) is 24.1 Å². The molecule has 118 valence electrons. The molecule has 0 amide bonds. The second-order valence-electron chi connectivity index (χ2n) is 4.77. The van der Waals surface area contributed by atoms with E-state index in [0.29, 0.717) is 12.1 Å². The quantitative estimate of drug-likeness (QED) is 0.782. The molecule has 0 aliphatic carbocycles. The smallest absolute Gasteiger partial charge is 0.430 e. The van der Waals surface area contributed by atoms with E-state index >= 15 is 0 Å². The molecule has 1 aromatic carbocycles. The van der Waals surface area contributed by atoms with Crippen LogP contribution in [0, 0.1) is 0 Å². The van der Waals surface area contributed by atoms with E-state index in [0.717, 1.165) is 6.07 Å². The van der Waals surface area contributed by atoms with Crippen molar-refractivity contribution in [1.82, 2.24) is 0 Å². The van der Waals surface area contributed by atoms with Crippen molar-refractivity contribution in [3.63, 3.8) is 0 Å². The van der Waals surface area contributed by atoms with Gasteiger partial charge in [-0.2, -0.15) is 26.3 Å². The van der Waals surface area contributed by atoms with Gasteiger partial charge in [-0.15, -0.1) is 0 Å². The van der Waals surface area contributed by atoms with Crippen LogP contribution < -0.4 is 10.1 Å². The first kappa shape index (κ1) is 15.7. The minimum Gasteiger partial charge on any atom is -0.489 e. The average Bonchev–Trinajstić information content (AvgIpc) is 2.34. The third-order valence-electron chi connectivity index (χ3n) is 3.11. The molecule has 0 saturated carbocycles. The molecule has 1 atom stereocenters. The molecule has 1 heterocycles. The Morgan fingerprint density at radius 3 is 2.24 bits per heavy atom. The lowest BCUT2D eigenvalue weighted by molar-refractivity contribution is -0.376. The molecule has 0 saturated heterocycles. The monoisotopic (exact) mass is 315 g/mol. The molecule has 1 unspecified atom stereocenters. The normalized spacial score (nSPS) is 19.5. The Labute approximate surface area is 115 Å². The van der Waals surface area contributed by atoms with Crippen molar-refractivity contribution < 1.29 is 36.2 Å². The fraction of sp³-hybridized carbons (Fsp3) is 0.500. The van der Waals surface area contributed by atoms with Crippen molar-refractivity contribution in [2.45, 2.75) is 30.9 Å². The summed E-state index contributed by atoms with van der Waals surface area (Å²) in [6.45, 7) is 1.82. The predicted molar refractivity (Wildman–Crippen MR) is 61.0 cm³/mol. The van der Waals surface area contributed by atoms with E-state index in [1.54, 1.807) is 6.92 Å². The highest BCUT2D eigenvalue weighted by Gasteiger charge is 2.71. The molecule has 0 radical (unpaired) electrons. The highest BCUT2D eigenvalue weighted by atomic mass is 19.4. The zero-order valence-electron chi connectivity index (χ0n) is 10.6. The van der Waals surface area contributed by atoms with Gasteiger partial charge in [-0.3, -0.25) is 0 Å². The van der Waals surface area contributed by atoms with Crippen LogP contribution in [-0.4, -0.2) is 30.1 Å². The summed E-state index contributed by atoms with van der Waals surface area (Å²) in [6.07, 6.45) is -11.8. The zero-order valence-corrected chi connectivity index (χ0v) is 10.6. The van der Waals surface area contributed by atoms with Gasteiger partial charge in [0.05, 0.1) is 11.7 Å². The van der Waals surface area contributed by atoms with Crippen LogP contribution in [0.3, 0.4) is 0 Å². The molecule has 2 rings (SSSR count). The fourth-order valence-electron chi connectivity index (χ4n) is 2.00. The van der Waals surface area contributed by atoms with E-state index in [9.17, 15) is 31.4 Å². The number of ether oxygens (including phenoxy) is 1. The lowest BCUT2D eigenvalue weighted by Crippen LogP contribution is -2.53. The van der Waals surface area contributed by atoms with Crippen LogP contribution in [0.5, 0.6) is 5.75 Å². The van der Waals surface area contributed by atoms with Crippen LogP contribution in [0.15, 0.2) is 18.2 Å². The lowest BCUT2D eigenvalue weighted by Gasteiger charge is -2.34. The Morgan fingerprint density at radius 2 is 1.71 bits per heavy atom. The summed E-state index contributed by atoms with van der Waals surface area (Å²) >= 11 is 0. The number of nitrogens with one attached hydrogen (secondary N) is 1. The Bertz CT molecular complexity index is 526. The topological polar surface area (TPSA) is 41.5 Å². The van der Waals surface area contributed by atoms with Gasteiger partial charge in [0, 0.05) is 5.56 Å². The molecule has 0 spiro atoms. The highest BCUT2D eigenvalue weighted by molar-refractivity contribution is 5.60. The number of halogens is 6. The van der Waals surface area contributed by atoms with Crippen molar-refractivity contribution >= 4 is 5.69 Å². The molecule has 0 aromatic heterocycles. The van der Waals surface area contributed by atoms with E-state index < -0.39 is 23.5 Å². The van der Waals surface area contributed by atoms with Crippen LogP contribution in [-0.2, 0) is 5.60 Å². The van der Waals surface area contributed by atoms with Crippen molar-refractivity contribution in [2.75, 3.05) is 11.9 Å². The molecule has 0 fully saturated rings. The average molecular weight is 315 g/mol. The van der Waals surface area contributed by atoms with E-state index in [1.807, 2.05) is 0 Å². The molecule has 9 heteroatoms. The first-order valence-corrected chi connectivity index (χ1v) is 5.86. The summed E-state index contributed by atoms with van der Waals surface area (Å²) in [7, 11) is 0. The second-order valence-corrected chi connectivity index (χ2v) is 4.77. The van der Waals surface area contributed by atoms with Gasteiger partial charge in [0.25, 0.3) is 5.60 Å². The SMILES string of the molecule is CC1COc2cc(C(O)(C(F)(F)F)C(F)(F)F)ccc2N1. The number of rotatable bonds is 1. The van der Waals surface area contributed by atoms with Gasteiger partial charge in [-0.05, 0) is 19.1 Å². The molecule has 21 heavy (non-hydrogen) atoms. The van der Waals surface area contributed by atoms with Crippen molar-refractivity contribution in [2.24, 2.45) is 0 Å².